The molecule has 21 heavy (non-hydrogen) atoms. The smallest absolute Gasteiger partial charge is 0.244 e. The van der Waals surface area contributed by atoms with Gasteiger partial charge in [-0.05, 0) is 25.0 Å². The minimum absolute atomic E-state index is 0.0510. The Kier molecular flexibility index (Phi) is 5.24. The summed E-state index contributed by atoms with van der Waals surface area (Å²) >= 11 is 11.0. The van der Waals surface area contributed by atoms with E-state index in [0.29, 0.717) is 5.56 Å². The number of nitrogens with zero attached hydrogens (tertiary/aromatic N) is 1. The number of rotatable bonds is 4. The van der Waals surface area contributed by atoms with Crippen molar-refractivity contribution in [1.29, 1.82) is 0 Å². The van der Waals surface area contributed by atoms with Crippen molar-refractivity contribution in [3.63, 3.8) is 0 Å². The van der Waals surface area contributed by atoms with Gasteiger partial charge in [-0.1, -0.05) is 49.1 Å². The highest BCUT2D eigenvalue weighted by molar-refractivity contribution is 7.89. The van der Waals surface area contributed by atoms with E-state index in [1.54, 1.807) is 13.1 Å². The van der Waals surface area contributed by atoms with Gasteiger partial charge in [-0.15, -0.1) is 0 Å². The predicted molar refractivity (Wildman–Crippen MR) is 89.2 cm³/mol. The highest BCUT2D eigenvalue weighted by Gasteiger charge is 2.30. The number of thiocarbonyl (C=S) groups is 1. The topological polar surface area (TPSA) is 63.4 Å². The monoisotopic (exact) mass is 346 g/mol. The van der Waals surface area contributed by atoms with Crippen LogP contribution in [0.15, 0.2) is 23.1 Å². The molecule has 1 aromatic rings. The average Bonchev–Trinajstić information content (AvgIpc) is 2.46. The highest BCUT2D eigenvalue weighted by Crippen LogP contribution is 2.30. The minimum Gasteiger partial charge on any atom is -0.389 e. The molecule has 1 aromatic carbocycles. The molecule has 4 nitrogen and oxygen atoms in total. The zero-order valence-electron chi connectivity index (χ0n) is 11.9. The summed E-state index contributed by atoms with van der Waals surface area (Å²) in [6.07, 6.45) is 5.11. The predicted octanol–water partition coefficient (Wildman–Crippen LogP) is 2.93. The molecule has 0 unspecified atom stereocenters. The van der Waals surface area contributed by atoms with Crippen LogP contribution in [0.1, 0.15) is 37.7 Å². The molecule has 0 radical (unpaired) electrons. The summed E-state index contributed by atoms with van der Waals surface area (Å²) < 4.78 is 26.9. The van der Waals surface area contributed by atoms with Gasteiger partial charge in [0.15, 0.2) is 0 Å². The Bertz CT molecular complexity index is 640. The largest absolute Gasteiger partial charge is 0.389 e. The molecule has 1 aliphatic rings. The second-order valence-electron chi connectivity index (χ2n) is 5.32. The van der Waals surface area contributed by atoms with Gasteiger partial charge in [0.2, 0.25) is 10.0 Å². The summed E-state index contributed by atoms with van der Waals surface area (Å²) in [6, 6.07) is 4.63. The third kappa shape index (κ3) is 3.56. The molecule has 0 spiro atoms. The lowest BCUT2D eigenvalue weighted by Gasteiger charge is -2.30. The van der Waals surface area contributed by atoms with Crippen LogP contribution in [0.5, 0.6) is 0 Å². The summed E-state index contributed by atoms with van der Waals surface area (Å²) in [7, 11) is -1.97. The van der Waals surface area contributed by atoms with Crippen molar-refractivity contribution in [2.75, 3.05) is 7.05 Å². The van der Waals surface area contributed by atoms with Crippen LogP contribution in [0.3, 0.4) is 0 Å². The lowest BCUT2D eigenvalue weighted by molar-refractivity contribution is 0.286. The zero-order valence-corrected chi connectivity index (χ0v) is 14.3. The molecule has 0 saturated heterocycles. The molecule has 7 heteroatoms. The maximum Gasteiger partial charge on any atom is 0.244 e. The number of sulfonamides is 1. The molecule has 0 aliphatic heterocycles. The average molecular weight is 347 g/mol. The van der Waals surface area contributed by atoms with Crippen LogP contribution in [0.4, 0.5) is 0 Å². The van der Waals surface area contributed by atoms with E-state index in [2.05, 4.69) is 0 Å². The molecule has 1 aliphatic carbocycles. The second kappa shape index (κ2) is 6.60. The Hall–Kier alpha value is -0.690. The molecule has 1 fully saturated rings. The van der Waals surface area contributed by atoms with Crippen LogP contribution in [0.2, 0.25) is 5.02 Å². The summed E-state index contributed by atoms with van der Waals surface area (Å²) in [5.74, 6) is 0. The van der Waals surface area contributed by atoms with Gasteiger partial charge >= 0.3 is 0 Å². The number of hydrogen-bond acceptors (Lipinski definition) is 3. The Morgan fingerprint density at radius 1 is 1.33 bits per heavy atom. The van der Waals surface area contributed by atoms with Crippen molar-refractivity contribution >= 4 is 38.8 Å². The molecule has 0 aromatic heterocycles. The van der Waals surface area contributed by atoms with Crippen LogP contribution in [0.25, 0.3) is 0 Å². The van der Waals surface area contributed by atoms with Crippen molar-refractivity contribution in [2.24, 2.45) is 5.73 Å². The van der Waals surface area contributed by atoms with Crippen molar-refractivity contribution in [2.45, 2.75) is 43.0 Å². The molecule has 0 bridgehead atoms. The van der Waals surface area contributed by atoms with Gasteiger partial charge in [0, 0.05) is 18.7 Å². The normalized spacial score (nSPS) is 17.1. The van der Waals surface area contributed by atoms with E-state index in [0.717, 1.165) is 25.7 Å². The van der Waals surface area contributed by atoms with Crippen LogP contribution in [0, 0.1) is 0 Å². The SMILES string of the molecule is CN(C1CCCCC1)S(=O)(=O)c1ccc(C(N)=S)cc1Cl. The van der Waals surface area contributed by atoms with E-state index in [1.165, 1.54) is 22.9 Å². The highest BCUT2D eigenvalue weighted by atomic mass is 35.5. The first-order valence-corrected chi connectivity index (χ1v) is 9.14. The minimum atomic E-state index is -3.59. The van der Waals surface area contributed by atoms with Crippen molar-refractivity contribution in [3.05, 3.63) is 28.8 Å². The number of benzene rings is 1. The first kappa shape index (κ1) is 16.7. The molecular formula is C14H19ClN2O2S2. The Balaban J connectivity index is 2.32. The number of halogens is 1. The maximum atomic E-state index is 12.7. The number of nitrogens with two attached hydrogens (primary N) is 1. The van der Waals surface area contributed by atoms with Crippen molar-refractivity contribution in [1.82, 2.24) is 4.31 Å². The fraction of sp³-hybridized carbons (Fsp3) is 0.500. The first-order valence-electron chi connectivity index (χ1n) is 6.91. The molecule has 1 saturated carbocycles. The zero-order chi connectivity index (χ0) is 15.6. The molecule has 0 atom stereocenters. The Labute approximate surface area is 136 Å². The summed E-state index contributed by atoms with van der Waals surface area (Å²) in [5, 5.41) is 0.156. The van der Waals surface area contributed by atoms with Gasteiger partial charge in [0.05, 0.1) is 5.02 Å². The Morgan fingerprint density at radius 3 is 2.48 bits per heavy atom. The maximum absolute atomic E-state index is 12.7. The first-order chi connectivity index (χ1) is 9.84. The van der Waals surface area contributed by atoms with E-state index in [1.807, 2.05) is 0 Å². The van der Waals surface area contributed by atoms with Gasteiger partial charge < -0.3 is 5.73 Å². The van der Waals surface area contributed by atoms with Gasteiger partial charge in [-0.3, -0.25) is 0 Å². The molecule has 0 heterocycles. The van der Waals surface area contributed by atoms with Crippen LogP contribution < -0.4 is 5.73 Å². The fourth-order valence-electron chi connectivity index (χ4n) is 2.66. The lowest BCUT2D eigenvalue weighted by atomic mass is 9.96. The van der Waals surface area contributed by atoms with Gasteiger partial charge in [-0.2, -0.15) is 4.31 Å². The summed E-state index contributed by atoms with van der Waals surface area (Å²) in [5.41, 5.74) is 6.10. The van der Waals surface area contributed by atoms with Crippen LogP contribution >= 0.6 is 23.8 Å². The summed E-state index contributed by atoms with van der Waals surface area (Å²) in [4.78, 5) is 0.304. The third-order valence-corrected chi connectivity index (χ3v) is 6.59. The number of hydrogen-bond donors (Lipinski definition) is 1. The van der Waals surface area contributed by atoms with E-state index in [4.69, 9.17) is 29.6 Å². The third-order valence-electron chi connectivity index (χ3n) is 3.96. The van der Waals surface area contributed by atoms with Crippen LogP contribution in [-0.2, 0) is 10.0 Å². The molecule has 0 amide bonds. The molecule has 2 N–H and O–H groups in total. The van der Waals surface area contributed by atoms with Gasteiger partial charge in [0.1, 0.15) is 9.88 Å². The van der Waals surface area contributed by atoms with E-state index in [9.17, 15) is 8.42 Å². The summed E-state index contributed by atoms with van der Waals surface area (Å²) in [6.45, 7) is 0. The van der Waals surface area contributed by atoms with E-state index < -0.39 is 10.0 Å². The fourth-order valence-corrected chi connectivity index (χ4v) is 4.72. The standard InChI is InChI=1S/C14H19ClN2O2S2/c1-17(11-5-3-2-4-6-11)21(18,19)13-8-7-10(14(16)20)9-12(13)15/h7-9,11H,2-6H2,1H3,(H2,16,20). The van der Waals surface area contributed by atoms with Crippen molar-refractivity contribution in [3.8, 4) is 0 Å². The van der Waals surface area contributed by atoms with Gasteiger partial charge in [-0.25, -0.2) is 8.42 Å². The quantitative estimate of drug-likeness (QED) is 0.851. The molecular weight excluding hydrogens is 328 g/mol. The van der Waals surface area contributed by atoms with Crippen molar-refractivity contribution < 1.29 is 8.42 Å². The molecule has 2 rings (SSSR count). The Morgan fingerprint density at radius 2 is 1.95 bits per heavy atom. The molecule has 116 valence electrons. The van der Waals surface area contributed by atoms with E-state index in [-0.39, 0.29) is 20.9 Å². The van der Waals surface area contributed by atoms with Crippen LogP contribution in [-0.4, -0.2) is 30.8 Å². The van der Waals surface area contributed by atoms with Gasteiger partial charge in [0.25, 0.3) is 0 Å². The lowest BCUT2D eigenvalue weighted by Crippen LogP contribution is -2.38. The van der Waals surface area contributed by atoms with E-state index >= 15 is 0 Å². The second-order valence-corrected chi connectivity index (χ2v) is 8.14.